The molecule has 1 aliphatic rings. The van der Waals surface area contributed by atoms with E-state index in [4.69, 9.17) is 20.2 Å². The molecule has 20 heavy (non-hydrogen) atoms. The standard InChI is InChI=1S/C15H21N3O2/c1-19-8-7-12(16)15-17-13-9-11(20-2)5-6-14(13)18(15)10-3-4-10/h5-6,9-10,12H,3-4,7-8,16H2,1-2H3. The van der Waals surface area contributed by atoms with Gasteiger partial charge < -0.3 is 19.8 Å². The Hall–Kier alpha value is -1.59. The minimum absolute atomic E-state index is 0.0889. The summed E-state index contributed by atoms with van der Waals surface area (Å²) in [5, 5.41) is 0. The minimum atomic E-state index is -0.0889. The second kappa shape index (κ2) is 5.42. The van der Waals surface area contributed by atoms with E-state index in [1.807, 2.05) is 12.1 Å². The number of hydrogen-bond acceptors (Lipinski definition) is 4. The quantitative estimate of drug-likeness (QED) is 0.879. The molecular weight excluding hydrogens is 254 g/mol. The lowest BCUT2D eigenvalue weighted by atomic mass is 10.2. The lowest BCUT2D eigenvalue weighted by molar-refractivity contribution is 0.186. The van der Waals surface area contributed by atoms with Gasteiger partial charge in [-0.25, -0.2) is 4.98 Å². The molecule has 0 bridgehead atoms. The Kier molecular flexibility index (Phi) is 3.63. The largest absolute Gasteiger partial charge is 0.497 e. The fourth-order valence-corrected chi connectivity index (χ4v) is 2.58. The maximum Gasteiger partial charge on any atom is 0.127 e. The summed E-state index contributed by atoms with van der Waals surface area (Å²) in [7, 11) is 3.37. The first-order valence-corrected chi connectivity index (χ1v) is 7.05. The van der Waals surface area contributed by atoms with E-state index >= 15 is 0 Å². The summed E-state index contributed by atoms with van der Waals surface area (Å²) in [6, 6.07) is 6.49. The monoisotopic (exact) mass is 275 g/mol. The molecule has 0 saturated heterocycles. The van der Waals surface area contributed by atoms with Gasteiger partial charge in [-0.3, -0.25) is 0 Å². The molecule has 1 atom stereocenters. The van der Waals surface area contributed by atoms with Crippen LogP contribution in [0.1, 0.15) is 37.2 Å². The number of ether oxygens (including phenoxy) is 2. The van der Waals surface area contributed by atoms with E-state index in [0.29, 0.717) is 12.6 Å². The maximum atomic E-state index is 6.29. The number of nitrogens with zero attached hydrogens (tertiary/aromatic N) is 2. The number of imidazole rings is 1. The Labute approximate surface area is 118 Å². The fourth-order valence-electron chi connectivity index (χ4n) is 2.58. The van der Waals surface area contributed by atoms with Crippen LogP contribution in [0, 0.1) is 0 Å². The van der Waals surface area contributed by atoms with Gasteiger partial charge in [-0.05, 0) is 31.4 Å². The molecule has 0 radical (unpaired) electrons. The highest BCUT2D eigenvalue weighted by Gasteiger charge is 2.30. The van der Waals surface area contributed by atoms with Gasteiger partial charge in [0.25, 0.3) is 0 Å². The molecule has 108 valence electrons. The molecule has 0 aliphatic heterocycles. The average molecular weight is 275 g/mol. The summed E-state index contributed by atoms with van der Waals surface area (Å²) in [5.74, 6) is 1.79. The second-order valence-corrected chi connectivity index (χ2v) is 5.31. The molecule has 5 nitrogen and oxygen atoms in total. The maximum absolute atomic E-state index is 6.29. The van der Waals surface area contributed by atoms with Crippen molar-refractivity contribution in [1.29, 1.82) is 0 Å². The zero-order valence-corrected chi connectivity index (χ0v) is 12.0. The Balaban J connectivity index is 2.03. The van der Waals surface area contributed by atoms with Crippen molar-refractivity contribution in [3.63, 3.8) is 0 Å². The van der Waals surface area contributed by atoms with Gasteiger partial charge in [-0.15, -0.1) is 0 Å². The van der Waals surface area contributed by atoms with Crippen molar-refractivity contribution in [1.82, 2.24) is 9.55 Å². The van der Waals surface area contributed by atoms with Crippen LogP contribution in [0.3, 0.4) is 0 Å². The van der Waals surface area contributed by atoms with Gasteiger partial charge in [-0.1, -0.05) is 0 Å². The van der Waals surface area contributed by atoms with Crippen LogP contribution in [0.5, 0.6) is 5.75 Å². The number of nitrogens with two attached hydrogens (primary N) is 1. The number of methoxy groups -OCH3 is 2. The number of hydrogen-bond donors (Lipinski definition) is 1. The number of benzene rings is 1. The van der Waals surface area contributed by atoms with Crippen molar-refractivity contribution in [3.8, 4) is 5.75 Å². The molecule has 0 spiro atoms. The van der Waals surface area contributed by atoms with Gasteiger partial charge in [0.15, 0.2) is 0 Å². The van der Waals surface area contributed by atoms with Gasteiger partial charge in [0, 0.05) is 25.8 Å². The highest BCUT2D eigenvalue weighted by molar-refractivity contribution is 5.78. The molecule has 1 heterocycles. The summed E-state index contributed by atoms with van der Waals surface area (Å²) in [6.07, 6.45) is 3.20. The Morgan fingerprint density at radius 1 is 1.40 bits per heavy atom. The van der Waals surface area contributed by atoms with Crippen LogP contribution in [-0.4, -0.2) is 30.4 Å². The molecule has 1 aromatic carbocycles. The van der Waals surface area contributed by atoms with Crippen molar-refractivity contribution in [2.75, 3.05) is 20.8 Å². The molecule has 1 fully saturated rings. The van der Waals surface area contributed by atoms with Crippen molar-refractivity contribution in [2.24, 2.45) is 5.73 Å². The SMILES string of the molecule is COCCC(N)c1nc2cc(OC)ccc2n1C1CC1. The van der Waals surface area contributed by atoms with Gasteiger partial charge in [0.2, 0.25) is 0 Å². The molecule has 3 rings (SSSR count). The molecular formula is C15H21N3O2. The van der Waals surface area contributed by atoms with Crippen LogP contribution in [0.4, 0.5) is 0 Å². The van der Waals surface area contributed by atoms with E-state index in [-0.39, 0.29) is 6.04 Å². The van der Waals surface area contributed by atoms with E-state index in [1.54, 1.807) is 14.2 Å². The van der Waals surface area contributed by atoms with Crippen LogP contribution >= 0.6 is 0 Å². The molecule has 1 unspecified atom stereocenters. The van der Waals surface area contributed by atoms with Gasteiger partial charge in [0.05, 0.1) is 24.2 Å². The first kappa shape index (κ1) is 13.4. The summed E-state index contributed by atoms with van der Waals surface area (Å²) < 4.78 is 12.7. The predicted octanol–water partition coefficient (Wildman–Crippen LogP) is 2.42. The topological polar surface area (TPSA) is 62.3 Å². The van der Waals surface area contributed by atoms with Crippen LogP contribution in [0.2, 0.25) is 0 Å². The Morgan fingerprint density at radius 2 is 2.20 bits per heavy atom. The summed E-state index contributed by atoms with van der Waals surface area (Å²) in [6.45, 7) is 0.651. The Morgan fingerprint density at radius 3 is 2.85 bits per heavy atom. The summed E-state index contributed by atoms with van der Waals surface area (Å²) in [5.41, 5.74) is 8.39. The van der Waals surface area contributed by atoms with Crippen LogP contribution in [-0.2, 0) is 4.74 Å². The molecule has 1 saturated carbocycles. The molecule has 2 N–H and O–H groups in total. The third-order valence-electron chi connectivity index (χ3n) is 3.80. The third kappa shape index (κ3) is 2.39. The van der Waals surface area contributed by atoms with Gasteiger partial charge >= 0.3 is 0 Å². The summed E-state index contributed by atoms with van der Waals surface area (Å²) in [4.78, 5) is 4.74. The summed E-state index contributed by atoms with van der Waals surface area (Å²) >= 11 is 0. The van der Waals surface area contributed by atoms with Crippen LogP contribution in [0.15, 0.2) is 18.2 Å². The minimum Gasteiger partial charge on any atom is -0.497 e. The molecule has 5 heteroatoms. The highest BCUT2D eigenvalue weighted by atomic mass is 16.5. The van der Waals surface area contributed by atoms with Crippen LogP contribution in [0.25, 0.3) is 11.0 Å². The zero-order valence-electron chi connectivity index (χ0n) is 12.0. The number of rotatable bonds is 6. The van der Waals surface area contributed by atoms with E-state index in [2.05, 4.69) is 10.6 Å². The van der Waals surface area contributed by atoms with Crippen molar-refractivity contribution in [2.45, 2.75) is 31.3 Å². The average Bonchev–Trinajstić information content (AvgIpc) is 3.24. The highest BCUT2D eigenvalue weighted by Crippen LogP contribution is 2.40. The van der Waals surface area contributed by atoms with Crippen molar-refractivity contribution >= 4 is 11.0 Å². The molecule has 1 aromatic heterocycles. The van der Waals surface area contributed by atoms with E-state index in [0.717, 1.165) is 29.0 Å². The smallest absolute Gasteiger partial charge is 0.127 e. The molecule has 2 aromatic rings. The second-order valence-electron chi connectivity index (χ2n) is 5.31. The van der Waals surface area contributed by atoms with Crippen molar-refractivity contribution < 1.29 is 9.47 Å². The number of aromatic nitrogens is 2. The molecule has 0 amide bonds. The predicted molar refractivity (Wildman–Crippen MR) is 78.0 cm³/mol. The van der Waals surface area contributed by atoms with E-state index in [9.17, 15) is 0 Å². The first-order chi connectivity index (χ1) is 9.74. The van der Waals surface area contributed by atoms with Crippen LogP contribution < -0.4 is 10.5 Å². The lowest BCUT2D eigenvalue weighted by Crippen LogP contribution is -2.18. The first-order valence-electron chi connectivity index (χ1n) is 7.05. The fraction of sp³-hybridized carbons (Fsp3) is 0.533. The zero-order chi connectivity index (χ0) is 14.1. The normalized spacial score (nSPS) is 16.6. The van der Waals surface area contributed by atoms with E-state index in [1.165, 1.54) is 12.8 Å². The molecule has 1 aliphatic carbocycles. The number of fused-ring (bicyclic) bond motifs is 1. The lowest BCUT2D eigenvalue weighted by Gasteiger charge is -2.13. The Bertz CT molecular complexity index is 604. The van der Waals surface area contributed by atoms with E-state index < -0.39 is 0 Å². The van der Waals surface area contributed by atoms with Gasteiger partial charge in [0.1, 0.15) is 11.6 Å². The third-order valence-corrected chi connectivity index (χ3v) is 3.80. The van der Waals surface area contributed by atoms with Gasteiger partial charge in [-0.2, -0.15) is 0 Å². The van der Waals surface area contributed by atoms with Crippen molar-refractivity contribution in [3.05, 3.63) is 24.0 Å².